The number of thiocarbonyl (C=S) groups is 1. The van der Waals surface area contributed by atoms with Gasteiger partial charge in [-0.25, -0.2) is 4.79 Å². The number of carboxylic acids is 1. The molecule has 0 atom stereocenters. The van der Waals surface area contributed by atoms with Crippen LogP contribution in [0.15, 0.2) is 30.3 Å². The van der Waals surface area contributed by atoms with Crippen molar-refractivity contribution >= 4 is 63.6 Å². The molecular formula is C16H15Cl2N3O3S. The Morgan fingerprint density at radius 3 is 2.44 bits per heavy atom. The first-order chi connectivity index (χ1) is 11.8. The zero-order chi connectivity index (χ0) is 18.7. The van der Waals surface area contributed by atoms with Gasteiger partial charge >= 0.3 is 5.97 Å². The number of anilines is 3. The van der Waals surface area contributed by atoms with E-state index in [9.17, 15) is 9.90 Å². The summed E-state index contributed by atoms with van der Waals surface area (Å²) in [5.74, 6) is -0.969. The highest BCUT2D eigenvalue weighted by atomic mass is 35.5. The summed E-state index contributed by atoms with van der Waals surface area (Å²) in [4.78, 5) is 12.8. The number of benzene rings is 2. The highest BCUT2D eigenvalue weighted by Gasteiger charge is 2.19. The smallest absolute Gasteiger partial charge is 0.339 e. The summed E-state index contributed by atoms with van der Waals surface area (Å²) in [6.45, 7) is 0. The van der Waals surface area contributed by atoms with Gasteiger partial charge in [-0.05, 0) is 30.4 Å². The minimum absolute atomic E-state index is 0.0369. The number of nitrogens with one attached hydrogen (secondary N) is 1. The fourth-order valence-corrected chi connectivity index (χ4v) is 2.82. The first kappa shape index (κ1) is 19.1. The minimum atomic E-state index is -1.14. The third-order valence-corrected chi connectivity index (χ3v) is 4.45. The summed E-state index contributed by atoms with van der Waals surface area (Å²) >= 11 is 17.6. The molecule has 0 aliphatic carbocycles. The van der Waals surface area contributed by atoms with Crippen LogP contribution in [-0.2, 0) is 0 Å². The number of ether oxygens (including phenoxy) is 1. The number of nitrogen functional groups attached to an aromatic ring is 1. The zero-order valence-electron chi connectivity index (χ0n) is 13.3. The molecule has 9 heteroatoms. The average Bonchev–Trinajstić information content (AvgIpc) is 2.57. The number of carbonyl (C=O) groups is 1. The summed E-state index contributed by atoms with van der Waals surface area (Å²) in [6.07, 6.45) is 0. The topological polar surface area (TPSA) is 87.8 Å². The van der Waals surface area contributed by atoms with Crippen LogP contribution in [0.3, 0.4) is 0 Å². The van der Waals surface area contributed by atoms with Crippen molar-refractivity contribution in [3.63, 3.8) is 0 Å². The second-order valence-corrected chi connectivity index (χ2v) is 6.20. The van der Waals surface area contributed by atoms with Crippen molar-refractivity contribution in [1.82, 2.24) is 0 Å². The van der Waals surface area contributed by atoms with E-state index in [0.717, 1.165) is 0 Å². The van der Waals surface area contributed by atoms with E-state index in [4.69, 9.17) is 45.9 Å². The first-order valence-corrected chi connectivity index (χ1v) is 8.12. The van der Waals surface area contributed by atoms with Crippen LogP contribution >= 0.6 is 35.4 Å². The number of methoxy groups -OCH3 is 1. The number of nitrogens with two attached hydrogens (primary N) is 1. The summed E-state index contributed by atoms with van der Waals surface area (Å²) in [7, 11) is 3.05. The zero-order valence-corrected chi connectivity index (χ0v) is 15.7. The second kappa shape index (κ2) is 7.77. The minimum Gasteiger partial charge on any atom is -0.496 e. The van der Waals surface area contributed by atoms with Crippen LogP contribution in [-0.4, -0.2) is 30.3 Å². The standard InChI is InChI=1S/C16H15Cl2N3O3S/c1-21(16(25)20-14-9(17)4-3-5-10(14)18)12-7-13(24-2)8(15(22)23)6-11(12)19/h3-7H,19H2,1-2H3,(H,20,25)(H,22,23). The molecule has 2 aromatic rings. The number of para-hydroxylation sites is 1. The highest BCUT2D eigenvalue weighted by Crippen LogP contribution is 2.33. The molecule has 2 rings (SSSR count). The molecule has 25 heavy (non-hydrogen) atoms. The van der Waals surface area contributed by atoms with Gasteiger partial charge in [0.05, 0.1) is 34.2 Å². The van der Waals surface area contributed by atoms with Crippen molar-refractivity contribution in [2.24, 2.45) is 0 Å². The van der Waals surface area contributed by atoms with Gasteiger partial charge in [-0.3, -0.25) is 0 Å². The first-order valence-electron chi connectivity index (χ1n) is 6.95. The van der Waals surface area contributed by atoms with Gasteiger partial charge in [0.15, 0.2) is 5.11 Å². The van der Waals surface area contributed by atoms with E-state index in [1.54, 1.807) is 30.1 Å². The van der Waals surface area contributed by atoms with Gasteiger partial charge < -0.3 is 25.8 Å². The Balaban J connectivity index is 2.35. The molecule has 0 unspecified atom stereocenters. The highest BCUT2D eigenvalue weighted by molar-refractivity contribution is 7.80. The molecule has 0 aliphatic heterocycles. The molecule has 6 nitrogen and oxygen atoms in total. The van der Waals surface area contributed by atoms with Gasteiger partial charge in [-0.15, -0.1) is 0 Å². The summed E-state index contributed by atoms with van der Waals surface area (Å²) in [5, 5.41) is 13.3. The van der Waals surface area contributed by atoms with Crippen molar-refractivity contribution in [3.8, 4) is 5.75 Å². The van der Waals surface area contributed by atoms with Crippen LogP contribution in [0.5, 0.6) is 5.75 Å². The van der Waals surface area contributed by atoms with Crippen LogP contribution in [0.1, 0.15) is 10.4 Å². The second-order valence-electron chi connectivity index (χ2n) is 5.00. The molecule has 0 saturated carbocycles. The largest absolute Gasteiger partial charge is 0.496 e. The SMILES string of the molecule is COc1cc(N(C)C(=S)Nc2c(Cl)cccc2Cl)c(N)cc1C(=O)O. The molecular weight excluding hydrogens is 385 g/mol. The molecule has 0 aliphatic rings. The van der Waals surface area contributed by atoms with Crippen LogP contribution in [0, 0.1) is 0 Å². The molecule has 0 spiro atoms. The van der Waals surface area contributed by atoms with Gasteiger partial charge in [0.25, 0.3) is 0 Å². The Bertz CT molecular complexity index is 825. The van der Waals surface area contributed by atoms with Crippen LogP contribution in [0.2, 0.25) is 10.0 Å². The quantitative estimate of drug-likeness (QED) is 0.526. The Hall–Kier alpha value is -2.22. The Labute approximate surface area is 160 Å². The van der Waals surface area contributed by atoms with E-state index < -0.39 is 5.97 Å². The molecule has 0 fully saturated rings. The number of hydrogen-bond donors (Lipinski definition) is 3. The van der Waals surface area contributed by atoms with Gasteiger partial charge in [0, 0.05) is 13.1 Å². The molecule has 0 bridgehead atoms. The lowest BCUT2D eigenvalue weighted by atomic mass is 10.1. The lowest BCUT2D eigenvalue weighted by Gasteiger charge is -2.24. The Morgan fingerprint density at radius 2 is 1.92 bits per heavy atom. The summed E-state index contributed by atoms with van der Waals surface area (Å²) in [6, 6.07) is 7.89. The van der Waals surface area contributed by atoms with Gasteiger partial charge in [-0.2, -0.15) is 0 Å². The lowest BCUT2D eigenvalue weighted by molar-refractivity contribution is 0.0693. The number of hydrogen-bond acceptors (Lipinski definition) is 4. The third kappa shape index (κ3) is 4.07. The van der Waals surface area contributed by atoms with Crippen molar-refractivity contribution in [1.29, 1.82) is 0 Å². The Kier molecular flexibility index (Phi) is 5.94. The molecule has 0 radical (unpaired) electrons. The van der Waals surface area contributed by atoms with E-state index >= 15 is 0 Å². The number of nitrogens with zero attached hydrogens (tertiary/aromatic N) is 1. The maximum atomic E-state index is 11.2. The number of rotatable bonds is 4. The van der Waals surface area contributed by atoms with Crippen molar-refractivity contribution in [2.75, 3.05) is 30.1 Å². The predicted octanol–water partition coefficient (Wildman–Crippen LogP) is 4.12. The van der Waals surface area contributed by atoms with Gasteiger partial charge in [0.2, 0.25) is 0 Å². The van der Waals surface area contributed by atoms with Gasteiger partial charge in [-0.1, -0.05) is 29.3 Å². The number of carboxylic acid groups (broad SMARTS) is 1. The molecule has 0 amide bonds. The summed E-state index contributed by atoms with van der Waals surface area (Å²) < 4.78 is 5.12. The van der Waals surface area contributed by atoms with E-state index in [1.807, 2.05) is 0 Å². The summed E-state index contributed by atoms with van der Waals surface area (Å²) in [5.41, 5.74) is 7.11. The molecule has 132 valence electrons. The van der Waals surface area contributed by atoms with E-state index in [1.165, 1.54) is 19.2 Å². The van der Waals surface area contributed by atoms with Crippen LogP contribution in [0.4, 0.5) is 17.1 Å². The number of aromatic carboxylic acids is 1. The Morgan fingerprint density at radius 1 is 1.32 bits per heavy atom. The molecule has 2 aromatic carbocycles. The lowest BCUT2D eigenvalue weighted by Crippen LogP contribution is -2.31. The van der Waals surface area contributed by atoms with Gasteiger partial charge in [0.1, 0.15) is 11.3 Å². The van der Waals surface area contributed by atoms with E-state index in [2.05, 4.69) is 5.32 Å². The average molecular weight is 400 g/mol. The van der Waals surface area contributed by atoms with Crippen LogP contribution < -0.4 is 20.7 Å². The maximum Gasteiger partial charge on any atom is 0.339 e. The van der Waals surface area contributed by atoms with Crippen molar-refractivity contribution < 1.29 is 14.6 Å². The molecule has 4 N–H and O–H groups in total. The fraction of sp³-hybridized carbons (Fsp3) is 0.125. The molecule has 0 heterocycles. The van der Waals surface area contributed by atoms with E-state index in [-0.39, 0.29) is 22.1 Å². The maximum absolute atomic E-state index is 11.2. The molecule has 0 saturated heterocycles. The fourth-order valence-electron chi connectivity index (χ4n) is 2.13. The van der Waals surface area contributed by atoms with Crippen molar-refractivity contribution in [3.05, 3.63) is 45.9 Å². The third-order valence-electron chi connectivity index (χ3n) is 3.44. The van der Waals surface area contributed by atoms with Crippen LogP contribution in [0.25, 0.3) is 0 Å². The van der Waals surface area contributed by atoms with Crippen molar-refractivity contribution in [2.45, 2.75) is 0 Å². The van der Waals surface area contributed by atoms with E-state index in [0.29, 0.717) is 21.4 Å². The monoisotopic (exact) mass is 399 g/mol. The predicted molar refractivity (Wildman–Crippen MR) is 105 cm³/mol. The normalized spacial score (nSPS) is 10.2. The number of halogens is 2. The molecule has 0 aromatic heterocycles.